The largest absolute Gasteiger partial charge is 0.494 e. The van der Waals surface area contributed by atoms with Crippen LogP contribution in [0.25, 0.3) is 17.1 Å². The second-order valence-corrected chi connectivity index (χ2v) is 7.43. The number of para-hydroxylation sites is 1. The summed E-state index contributed by atoms with van der Waals surface area (Å²) in [6, 6.07) is 16.4. The predicted molar refractivity (Wildman–Crippen MR) is 127 cm³/mol. The van der Waals surface area contributed by atoms with E-state index < -0.39 is 5.91 Å². The predicted octanol–water partition coefficient (Wildman–Crippen LogP) is 2.87. The molecule has 0 saturated heterocycles. The fourth-order valence-corrected chi connectivity index (χ4v) is 3.04. The topological polar surface area (TPSA) is 156 Å². The van der Waals surface area contributed by atoms with Crippen molar-refractivity contribution in [3.8, 4) is 28.6 Å². The molecule has 2 aromatic heterocycles. The van der Waals surface area contributed by atoms with Crippen LogP contribution < -0.4 is 20.6 Å². The van der Waals surface area contributed by atoms with Gasteiger partial charge in [-0.05, 0) is 60.1 Å². The first-order valence-corrected chi connectivity index (χ1v) is 10.9. The molecule has 4 aromatic rings. The maximum absolute atomic E-state index is 13.0. The molecule has 2 aromatic carbocycles. The first kappa shape index (κ1) is 23.4. The highest BCUT2D eigenvalue weighted by molar-refractivity contribution is 5.99. The molecule has 0 unspecified atom stereocenters. The number of nitrogen functional groups attached to an aromatic ring is 1. The van der Waals surface area contributed by atoms with Crippen molar-refractivity contribution in [3.63, 3.8) is 0 Å². The molecule has 0 bridgehead atoms. The van der Waals surface area contributed by atoms with Crippen LogP contribution in [-0.4, -0.2) is 50.1 Å². The smallest absolute Gasteiger partial charge is 0.294 e. The molecule has 0 radical (unpaired) electrons. The van der Waals surface area contributed by atoms with Gasteiger partial charge in [0.15, 0.2) is 5.69 Å². The SMILES string of the molecule is CCCOc1ccc(-c2c(C(=O)NN=C(C)COc3ccccc3)nnn2-c2nonc2N)cc1. The van der Waals surface area contributed by atoms with Crippen LogP contribution in [-0.2, 0) is 0 Å². The third-order valence-corrected chi connectivity index (χ3v) is 4.72. The lowest BCUT2D eigenvalue weighted by Crippen LogP contribution is -2.22. The van der Waals surface area contributed by atoms with Gasteiger partial charge in [0, 0.05) is 5.56 Å². The van der Waals surface area contributed by atoms with E-state index in [1.54, 1.807) is 31.2 Å². The number of aromatic nitrogens is 5. The minimum atomic E-state index is -0.577. The summed E-state index contributed by atoms with van der Waals surface area (Å²) in [6.07, 6.45) is 0.886. The van der Waals surface area contributed by atoms with Gasteiger partial charge in [-0.15, -0.1) is 5.10 Å². The van der Waals surface area contributed by atoms with Gasteiger partial charge in [-0.2, -0.15) is 9.78 Å². The number of amides is 1. The molecule has 3 N–H and O–H groups in total. The van der Waals surface area contributed by atoms with Gasteiger partial charge in [-0.1, -0.05) is 30.3 Å². The summed E-state index contributed by atoms with van der Waals surface area (Å²) in [5, 5.41) is 19.6. The van der Waals surface area contributed by atoms with Crippen LogP contribution in [0.15, 0.2) is 64.3 Å². The van der Waals surface area contributed by atoms with Crippen LogP contribution in [0.1, 0.15) is 30.8 Å². The van der Waals surface area contributed by atoms with E-state index >= 15 is 0 Å². The van der Waals surface area contributed by atoms with Gasteiger partial charge in [-0.25, -0.2) is 10.1 Å². The summed E-state index contributed by atoms with van der Waals surface area (Å²) in [5.74, 6) is 0.920. The number of hydrogen-bond acceptors (Lipinski definition) is 10. The van der Waals surface area contributed by atoms with E-state index in [2.05, 4.69) is 31.2 Å². The van der Waals surface area contributed by atoms with E-state index in [0.717, 1.165) is 6.42 Å². The van der Waals surface area contributed by atoms with E-state index in [0.29, 0.717) is 35.1 Å². The zero-order chi connectivity index (χ0) is 24.6. The summed E-state index contributed by atoms with van der Waals surface area (Å²) < 4.78 is 17.3. The molecule has 0 fully saturated rings. The Kier molecular flexibility index (Phi) is 7.31. The Balaban J connectivity index is 1.57. The van der Waals surface area contributed by atoms with Crippen molar-refractivity contribution >= 4 is 17.4 Å². The van der Waals surface area contributed by atoms with Gasteiger partial charge < -0.3 is 15.2 Å². The number of hydrazone groups is 1. The summed E-state index contributed by atoms with van der Waals surface area (Å²) in [6.45, 7) is 4.55. The highest BCUT2D eigenvalue weighted by Gasteiger charge is 2.25. The first-order chi connectivity index (χ1) is 17.1. The number of anilines is 1. The summed E-state index contributed by atoms with van der Waals surface area (Å²) in [7, 11) is 0. The third-order valence-electron chi connectivity index (χ3n) is 4.72. The summed E-state index contributed by atoms with van der Waals surface area (Å²) in [5.41, 5.74) is 9.87. The zero-order valence-corrected chi connectivity index (χ0v) is 19.2. The van der Waals surface area contributed by atoms with Crippen molar-refractivity contribution in [2.45, 2.75) is 20.3 Å². The van der Waals surface area contributed by atoms with Crippen molar-refractivity contribution in [1.29, 1.82) is 0 Å². The monoisotopic (exact) mass is 476 g/mol. The van der Waals surface area contributed by atoms with Gasteiger partial charge >= 0.3 is 0 Å². The number of ether oxygens (including phenoxy) is 2. The van der Waals surface area contributed by atoms with Crippen LogP contribution in [0.4, 0.5) is 5.82 Å². The first-order valence-electron chi connectivity index (χ1n) is 10.9. The van der Waals surface area contributed by atoms with Gasteiger partial charge in [-0.3, -0.25) is 4.79 Å². The van der Waals surface area contributed by atoms with Crippen LogP contribution in [0, 0.1) is 0 Å². The quantitative estimate of drug-likeness (QED) is 0.259. The molecule has 4 rings (SSSR count). The number of hydrogen-bond donors (Lipinski definition) is 2. The minimum absolute atomic E-state index is 0.00191. The molecule has 35 heavy (non-hydrogen) atoms. The molecule has 12 heteroatoms. The van der Waals surface area contributed by atoms with E-state index in [4.69, 9.17) is 19.8 Å². The van der Waals surface area contributed by atoms with Crippen molar-refractivity contribution < 1.29 is 18.9 Å². The van der Waals surface area contributed by atoms with Crippen molar-refractivity contribution in [2.75, 3.05) is 18.9 Å². The number of rotatable bonds is 10. The number of benzene rings is 2. The van der Waals surface area contributed by atoms with Gasteiger partial charge in [0.05, 0.1) is 12.3 Å². The Morgan fingerprint density at radius 3 is 2.51 bits per heavy atom. The van der Waals surface area contributed by atoms with E-state index in [9.17, 15) is 4.79 Å². The standard InChI is InChI=1S/C23H24N8O4/c1-3-13-33-18-11-9-16(10-12-18)20-19(26-30-31(20)22-21(24)28-35-29-22)23(32)27-25-15(2)14-34-17-7-5-4-6-8-17/h4-12H,3,13-14H2,1-2H3,(H2,24,28)(H,27,32). The molecule has 12 nitrogen and oxygen atoms in total. The minimum Gasteiger partial charge on any atom is -0.494 e. The Bertz CT molecular complexity index is 1300. The van der Waals surface area contributed by atoms with Crippen molar-refractivity contribution in [2.24, 2.45) is 5.10 Å². The maximum atomic E-state index is 13.0. The molecular weight excluding hydrogens is 452 g/mol. The second-order valence-electron chi connectivity index (χ2n) is 7.43. The van der Waals surface area contributed by atoms with Crippen LogP contribution in [0.2, 0.25) is 0 Å². The van der Waals surface area contributed by atoms with Gasteiger partial charge in [0.25, 0.3) is 5.91 Å². The van der Waals surface area contributed by atoms with Gasteiger partial charge in [0.2, 0.25) is 11.6 Å². The maximum Gasteiger partial charge on any atom is 0.294 e. The fraction of sp³-hybridized carbons (Fsp3) is 0.217. The van der Waals surface area contributed by atoms with Crippen molar-refractivity contribution in [1.82, 2.24) is 30.7 Å². The normalized spacial score (nSPS) is 11.3. The van der Waals surface area contributed by atoms with E-state index in [-0.39, 0.29) is 23.9 Å². The lowest BCUT2D eigenvalue weighted by molar-refractivity contribution is 0.0950. The Labute approximate surface area is 200 Å². The van der Waals surface area contributed by atoms with Crippen LogP contribution >= 0.6 is 0 Å². The highest BCUT2D eigenvalue weighted by Crippen LogP contribution is 2.28. The molecule has 1 amide bonds. The number of nitrogens with zero attached hydrogens (tertiary/aromatic N) is 6. The molecular formula is C23H24N8O4. The average Bonchev–Trinajstić information content (AvgIpc) is 3.51. The number of carbonyl (C=O) groups excluding carboxylic acids is 1. The average molecular weight is 476 g/mol. The summed E-state index contributed by atoms with van der Waals surface area (Å²) in [4.78, 5) is 13.0. The van der Waals surface area contributed by atoms with Crippen molar-refractivity contribution in [3.05, 3.63) is 60.3 Å². The highest BCUT2D eigenvalue weighted by atomic mass is 16.6. The number of carbonyl (C=O) groups is 1. The van der Waals surface area contributed by atoms with Crippen LogP contribution in [0.3, 0.4) is 0 Å². The second kappa shape index (κ2) is 10.9. The Morgan fingerprint density at radius 1 is 1.09 bits per heavy atom. The lowest BCUT2D eigenvalue weighted by Gasteiger charge is -2.08. The third kappa shape index (κ3) is 5.61. The van der Waals surface area contributed by atoms with E-state index in [1.165, 1.54) is 4.68 Å². The molecule has 0 aliphatic rings. The zero-order valence-electron chi connectivity index (χ0n) is 19.2. The molecule has 180 valence electrons. The molecule has 0 spiro atoms. The van der Waals surface area contributed by atoms with Gasteiger partial charge in [0.1, 0.15) is 23.8 Å². The molecule has 0 saturated carbocycles. The molecule has 0 aliphatic heterocycles. The van der Waals surface area contributed by atoms with Crippen LogP contribution in [0.5, 0.6) is 11.5 Å². The molecule has 2 heterocycles. The van der Waals surface area contributed by atoms with E-state index in [1.807, 2.05) is 37.3 Å². The molecule has 0 atom stereocenters. The number of nitrogens with one attached hydrogen (secondary N) is 1. The Hall–Kier alpha value is -4.74. The fourth-order valence-electron chi connectivity index (χ4n) is 3.04. The lowest BCUT2D eigenvalue weighted by atomic mass is 10.1. The number of nitrogens with two attached hydrogens (primary N) is 1. The summed E-state index contributed by atoms with van der Waals surface area (Å²) >= 11 is 0. The Morgan fingerprint density at radius 2 is 1.83 bits per heavy atom. The molecule has 0 aliphatic carbocycles.